The van der Waals surface area contributed by atoms with E-state index in [2.05, 4.69) is 22.0 Å². The molecule has 0 saturated carbocycles. The van der Waals surface area contributed by atoms with E-state index >= 15 is 0 Å². The maximum absolute atomic E-state index is 12.7. The number of halogens is 1. The minimum Gasteiger partial charge on any atom is -0.458 e. The molecule has 0 bridgehead atoms. The molecule has 0 N–H and O–H groups in total. The summed E-state index contributed by atoms with van der Waals surface area (Å²) in [7, 11) is 0. The Kier molecular flexibility index (Phi) is 6.15. The second-order valence-electron chi connectivity index (χ2n) is 7.25. The number of aromatic nitrogens is 2. The lowest BCUT2D eigenvalue weighted by molar-refractivity contribution is 0.0232. The van der Waals surface area contributed by atoms with Crippen LogP contribution in [-0.2, 0) is 17.7 Å². The summed E-state index contributed by atoms with van der Waals surface area (Å²) in [6.45, 7) is 2.37. The molecule has 0 amide bonds. The number of piperidine rings is 1. The zero-order valence-corrected chi connectivity index (χ0v) is 17.0. The van der Waals surface area contributed by atoms with Crippen molar-refractivity contribution >= 4 is 23.4 Å². The van der Waals surface area contributed by atoms with Gasteiger partial charge < -0.3 is 14.2 Å². The van der Waals surface area contributed by atoms with Gasteiger partial charge in [0.25, 0.3) is 0 Å². The number of nitrogens with zero attached hydrogens (tertiary/aromatic N) is 3. The number of rotatable bonds is 6. The van der Waals surface area contributed by atoms with Gasteiger partial charge >= 0.3 is 5.97 Å². The molecule has 1 saturated heterocycles. The molecule has 150 valence electrons. The van der Waals surface area contributed by atoms with Crippen molar-refractivity contribution in [3.8, 4) is 0 Å². The topological polar surface area (TPSA) is 47.4 Å². The van der Waals surface area contributed by atoms with Crippen LogP contribution in [0, 0.1) is 0 Å². The average molecular weight is 410 g/mol. The van der Waals surface area contributed by atoms with Gasteiger partial charge in [-0.2, -0.15) is 0 Å². The van der Waals surface area contributed by atoms with Crippen molar-refractivity contribution < 1.29 is 9.53 Å². The van der Waals surface area contributed by atoms with Crippen LogP contribution >= 0.6 is 11.6 Å². The Morgan fingerprint density at radius 2 is 1.86 bits per heavy atom. The van der Waals surface area contributed by atoms with E-state index in [1.807, 2.05) is 53.2 Å². The van der Waals surface area contributed by atoms with Crippen LogP contribution in [0.3, 0.4) is 0 Å². The van der Waals surface area contributed by atoms with Crippen molar-refractivity contribution in [2.24, 2.45) is 0 Å². The summed E-state index contributed by atoms with van der Waals surface area (Å²) in [6, 6.07) is 17.8. The van der Waals surface area contributed by atoms with E-state index in [4.69, 9.17) is 16.3 Å². The van der Waals surface area contributed by atoms with Crippen LogP contribution in [0.4, 0.5) is 5.82 Å². The highest BCUT2D eigenvalue weighted by Gasteiger charge is 2.24. The third kappa shape index (κ3) is 4.98. The number of aryl methyl sites for hydroxylation is 2. The first-order chi connectivity index (χ1) is 14.2. The third-order valence-corrected chi connectivity index (χ3v) is 5.50. The molecule has 4 rings (SSSR count). The first-order valence-electron chi connectivity index (χ1n) is 9.95. The Hall–Kier alpha value is -2.79. The van der Waals surface area contributed by atoms with E-state index in [0.29, 0.717) is 10.7 Å². The summed E-state index contributed by atoms with van der Waals surface area (Å²) in [4.78, 5) is 19.3. The average Bonchev–Trinajstić information content (AvgIpc) is 3.23. The Morgan fingerprint density at radius 3 is 2.59 bits per heavy atom. The number of carbonyl (C=O) groups is 1. The number of hydrogen-bond donors (Lipinski definition) is 0. The van der Waals surface area contributed by atoms with Crippen molar-refractivity contribution in [3.63, 3.8) is 0 Å². The smallest absolute Gasteiger partial charge is 0.355 e. The molecular formula is C23H24ClN3O2. The molecule has 5 nitrogen and oxygen atoms in total. The van der Waals surface area contributed by atoms with Gasteiger partial charge in [0.1, 0.15) is 17.6 Å². The molecule has 0 radical (unpaired) electrons. The minimum absolute atomic E-state index is 0.0662. The van der Waals surface area contributed by atoms with E-state index < -0.39 is 0 Å². The zero-order chi connectivity index (χ0) is 20.1. The summed E-state index contributed by atoms with van der Waals surface area (Å²) in [6.07, 6.45) is 5.99. The Balaban J connectivity index is 1.30. The van der Waals surface area contributed by atoms with Gasteiger partial charge in [0.15, 0.2) is 0 Å². The molecule has 29 heavy (non-hydrogen) atoms. The molecule has 2 aromatic heterocycles. The van der Waals surface area contributed by atoms with Crippen molar-refractivity contribution in [1.29, 1.82) is 0 Å². The molecule has 1 aromatic carbocycles. The monoisotopic (exact) mass is 409 g/mol. The second-order valence-corrected chi connectivity index (χ2v) is 7.69. The summed E-state index contributed by atoms with van der Waals surface area (Å²) < 4.78 is 7.78. The van der Waals surface area contributed by atoms with Gasteiger partial charge in [-0.1, -0.05) is 41.9 Å². The Morgan fingerprint density at radius 1 is 1.07 bits per heavy atom. The first kappa shape index (κ1) is 19.5. The molecule has 1 aliphatic heterocycles. The number of esters is 1. The number of ether oxygens (including phenoxy) is 1. The number of benzene rings is 1. The predicted octanol–water partition coefficient (Wildman–Crippen LogP) is 4.61. The molecule has 6 heteroatoms. The fraction of sp³-hybridized carbons (Fsp3) is 0.304. The van der Waals surface area contributed by atoms with Gasteiger partial charge in [0.05, 0.1) is 5.02 Å². The van der Waals surface area contributed by atoms with Crippen LogP contribution in [0.5, 0.6) is 0 Å². The van der Waals surface area contributed by atoms with Crippen molar-refractivity contribution in [3.05, 3.63) is 83.3 Å². The van der Waals surface area contributed by atoms with Crippen LogP contribution in [0.1, 0.15) is 28.9 Å². The van der Waals surface area contributed by atoms with E-state index in [0.717, 1.165) is 44.7 Å². The predicted molar refractivity (Wildman–Crippen MR) is 114 cm³/mol. The number of anilines is 1. The van der Waals surface area contributed by atoms with Gasteiger partial charge in [0, 0.05) is 44.9 Å². The van der Waals surface area contributed by atoms with Crippen LogP contribution in [0.25, 0.3) is 0 Å². The quantitative estimate of drug-likeness (QED) is 0.558. The maximum atomic E-state index is 12.7. The van der Waals surface area contributed by atoms with Crippen LogP contribution < -0.4 is 4.90 Å². The number of hydrogen-bond acceptors (Lipinski definition) is 4. The summed E-state index contributed by atoms with van der Waals surface area (Å²) in [5.74, 6) is 0.667. The highest BCUT2D eigenvalue weighted by atomic mass is 35.5. The van der Waals surface area contributed by atoms with E-state index in [1.165, 1.54) is 5.56 Å². The van der Waals surface area contributed by atoms with Crippen LogP contribution in [0.2, 0.25) is 5.02 Å². The molecule has 1 aliphatic rings. The molecule has 3 heterocycles. The number of carbonyl (C=O) groups excluding carboxylic acids is 1. The lowest BCUT2D eigenvalue weighted by Crippen LogP contribution is -2.38. The van der Waals surface area contributed by atoms with Gasteiger partial charge in [-0.3, -0.25) is 0 Å². The highest BCUT2D eigenvalue weighted by Crippen LogP contribution is 2.22. The van der Waals surface area contributed by atoms with E-state index in [9.17, 15) is 4.79 Å². The lowest BCUT2D eigenvalue weighted by Gasteiger charge is -2.32. The van der Waals surface area contributed by atoms with E-state index in [1.54, 1.807) is 6.20 Å². The van der Waals surface area contributed by atoms with Crippen molar-refractivity contribution in [2.45, 2.75) is 31.9 Å². The summed E-state index contributed by atoms with van der Waals surface area (Å²) >= 11 is 5.91. The summed E-state index contributed by atoms with van der Waals surface area (Å²) in [5.41, 5.74) is 1.87. The van der Waals surface area contributed by atoms with Crippen molar-refractivity contribution in [1.82, 2.24) is 9.55 Å². The van der Waals surface area contributed by atoms with E-state index in [-0.39, 0.29) is 12.1 Å². The summed E-state index contributed by atoms with van der Waals surface area (Å²) in [5, 5.41) is 0.632. The Bertz CT molecular complexity index is 932. The minimum atomic E-state index is -0.244. The fourth-order valence-electron chi connectivity index (χ4n) is 3.66. The Labute approximate surface area is 175 Å². The maximum Gasteiger partial charge on any atom is 0.355 e. The third-order valence-electron chi connectivity index (χ3n) is 5.27. The standard InChI is InChI=1S/C23H24ClN3O2/c24-19-8-9-22(25-17-19)27-15-11-20(12-16-27)29-23(28)21-7-4-13-26(21)14-10-18-5-2-1-3-6-18/h1-9,13,17,20H,10-12,14-16H2. The van der Waals surface area contributed by atoms with Gasteiger partial charge in [-0.05, 0) is 36.2 Å². The van der Waals surface area contributed by atoms with Crippen molar-refractivity contribution in [2.75, 3.05) is 18.0 Å². The van der Waals surface area contributed by atoms with Crippen LogP contribution in [0.15, 0.2) is 67.0 Å². The first-order valence-corrected chi connectivity index (χ1v) is 10.3. The molecular weight excluding hydrogens is 386 g/mol. The largest absolute Gasteiger partial charge is 0.458 e. The fourth-order valence-corrected chi connectivity index (χ4v) is 3.77. The lowest BCUT2D eigenvalue weighted by atomic mass is 10.1. The van der Waals surface area contributed by atoms with Gasteiger partial charge in [0.2, 0.25) is 0 Å². The zero-order valence-electron chi connectivity index (χ0n) is 16.2. The van der Waals surface area contributed by atoms with Gasteiger partial charge in [-0.25, -0.2) is 9.78 Å². The second kappa shape index (κ2) is 9.14. The molecule has 1 fully saturated rings. The molecule has 0 spiro atoms. The molecule has 3 aromatic rings. The molecule has 0 atom stereocenters. The molecule has 0 aliphatic carbocycles. The SMILES string of the molecule is O=C(OC1CCN(c2ccc(Cl)cn2)CC1)c1cccn1CCc1ccccc1. The normalized spacial score (nSPS) is 14.7. The highest BCUT2D eigenvalue weighted by molar-refractivity contribution is 6.30. The van der Waals surface area contributed by atoms with Gasteiger partial charge in [-0.15, -0.1) is 0 Å². The van der Waals surface area contributed by atoms with Crippen LogP contribution in [-0.4, -0.2) is 34.7 Å². The number of pyridine rings is 1. The molecule has 0 unspecified atom stereocenters.